The average molecular weight is 175 g/mol. The van der Waals surface area contributed by atoms with Gasteiger partial charge in [-0.2, -0.15) is 0 Å². The molecular weight excluding hydrogens is 159 g/mol. The molecule has 0 saturated heterocycles. The molecule has 0 spiro atoms. The molecule has 0 aromatic heterocycles. The van der Waals surface area contributed by atoms with E-state index in [1.807, 2.05) is 0 Å². The number of hydrogen-bond donors (Lipinski definition) is 2. The third kappa shape index (κ3) is 11.9. The van der Waals surface area contributed by atoms with E-state index in [-0.39, 0.29) is 24.8 Å². The van der Waals surface area contributed by atoms with Crippen molar-refractivity contribution < 1.29 is 0 Å². The molecule has 1 atom stereocenters. The molecule has 4 heteroatoms. The van der Waals surface area contributed by atoms with Crippen LogP contribution in [0.15, 0.2) is 0 Å². The maximum atomic E-state index is 5.30. The van der Waals surface area contributed by atoms with E-state index < -0.39 is 0 Å². The van der Waals surface area contributed by atoms with Crippen LogP contribution in [0.1, 0.15) is 13.3 Å². The third-order valence-corrected chi connectivity index (χ3v) is 1.06. The van der Waals surface area contributed by atoms with Gasteiger partial charge in [-0.3, -0.25) is 0 Å². The van der Waals surface area contributed by atoms with Gasteiger partial charge in [0.25, 0.3) is 0 Å². The highest BCUT2D eigenvalue weighted by atomic mass is 35.5. The Labute approximate surface area is 69.2 Å². The highest BCUT2D eigenvalue weighted by Crippen LogP contribution is 1.93. The van der Waals surface area contributed by atoms with Crippen LogP contribution in [0, 0.1) is 5.92 Å². The van der Waals surface area contributed by atoms with Gasteiger partial charge in [0, 0.05) is 0 Å². The van der Waals surface area contributed by atoms with Gasteiger partial charge in [-0.05, 0) is 25.4 Å². The van der Waals surface area contributed by atoms with E-state index in [4.69, 9.17) is 11.5 Å². The SMILES string of the molecule is C[C@H](CN)CCN.Cl.Cl. The van der Waals surface area contributed by atoms with Gasteiger partial charge in [0.2, 0.25) is 0 Å². The molecule has 0 aliphatic heterocycles. The van der Waals surface area contributed by atoms with Crippen LogP contribution in [0.2, 0.25) is 0 Å². The monoisotopic (exact) mass is 174 g/mol. The zero-order chi connectivity index (χ0) is 5.70. The summed E-state index contributed by atoms with van der Waals surface area (Å²) in [5.74, 6) is 0.602. The molecule has 60 valence electrons. The molecular formula is C5H16Cl2N2. The molecule has 0 heterocycles. The Morgan fingerprint density at radius 2 is 1.67 bits per heavy atom. The Balaban J connectivity index is -0.000000180. The molecule has 0 unspecified atom stereocenters. The number of rotatable bonds is 3. The Morgan fingerprint density at radius 3 is 1.78 bits per heavy atom. The minimum Gasteiger partial charge on any atom is -0.330 e. The summed E-state index contributed by atoms with van der Waals surface area (Å²) in [6, 6.07) is 0. The largest absolute Gasteiger partial charge is 0.330 e. The normalized spacial score (nSPS) is 11.0. The van der Waals surface area contributed by atoms with Gasteiger partial charge in [-0.25, -0.2) is 0 Å². The Kier molecular flexibility index (Phi) is 20.4. The fourth-order valence-electron chi connectivity index (χ4n) is 0.402. The predicted octanol–water partition coefficient (Wildman–Crippen LogP) is 0.774. The Hall–Kier alpha value is 0.500. The number of hydrogen-bond acceptors (Lipinski definition) is 2. The van der Waals surface area contributed by atoms with Crippen molar-refractivity contribution in [3.05, 3.63) is 0 Å². The minimum absolute atomic E-state index is 0. The van der Waals surface area contributed by atoms with Crippen molar-refractivity contribution in [1.29, 1.82) is 0 Å². The van der Waals surface area contributed by atoms with E-state index in [1.165, 1.54) is 0 Å². The smallest absolute Gasteiger partial charge is 0.00510 e. The molecule has 0 aromatic carbocycles. The molecule has 0 aliphatic rings. The zero-order valence-corrected chi connectivity index (χ0v) is 7.30. The first kappa shape index (κ1) is 16.2. The summed E-state index contributed by atoms with van der Waals surface area (Å²) in [4.78, 5) is 0. The summed E-state index contributed by atoms with van der Waals surface area (Å²) < 4.78 is 0. The molecule has 0 bridgehead atoms. The van der Waals surface area contributed by atoms with Crippen LogP contribution in [-0.4, -0.2) is 13.1 Å². The standard InChI is InChI=1S/C5H14N2.2ClH/c1-5(4-7)2-3-6;;/h5H,2-4,6-7H2,1H3;2*1H/t5-;;/m0../s1. The van der Waals surface area contributed by atoms with E-state index in [9.17, 15) is 0 Å². The minimum atomic E-state index is 0. The van der Waals surface area contributed by atoms with Gasteiger partial charge in [-0.15, -0.1) is 24.8 Å². The second-order valence-electron chi connectivity index (χ2n) is 1.92. The first-order chi connectivity index (χ1) is 3.31. The van der Waals surface area contributed by atoms with Crippen molar-refractivity contribution in [1.82, 2.24) is 0 Å². The predicted molar refractivity (Wildman–Crippen MR) is 46.4 cm³/mol. The highest BCUT2D eigenvalue weighted by molar-refractivity contribution is 5.85. The van der Waals surface area contributed by atoms with Gasteiger partial charge >= 0.3 is 0 Å². The van der Waals surface area contributed by atoms with Crippen molar-refractivity contribution in [2.24, 2.45) is 17.4 Å². The second kappa shape index (κ2) is 11.3. The molecule has 4 N–H and O–H groups in total. The van der Waals surface area contributed by atoms with Crippen molar-refractivity contribution >= 4 is 24.8 Å². The molecule has 9 heavy (non-hydrogen) atoms. The molecule has 0 amide bonds. The van der Waals surface area contributed by atoms with E-state index in [1.54, 1.807) is 0 Å². The topological polar surface area (TPSA) is 52.0 Å². The van der Waals surface area contributed by atoms with Gasteiger partial charge < -0.3 is 11.5 Å². The Morgan fingerprint density at radius 1 is 1.22 bits per heavy atom. The van der Waals surface area contributed by atoms with Crippen molar-refractivity contribution in [2.45, 2.75) is 13.3 Å². The lowest BCUT2D eigenvalue weighted by atomic mass is 10.1. The van der Waals surface area contributed by atoms with E-state index in [0.29, 0.717) is 5.92 Å². The van der Waals surface area contributed by atoms with E-state index >= 15 is 0 Å². The van der Waals surface area contributed by atoms with Crippen LogP contribution in [0.4, 0.5) is 0 Å². The second-order valence-corrected chi connectivity index (χ2v) is 1.92. The number of halogens is 2. The summed E-state index contributed by atoms with van der Waals surface area (Å²) in [6.45, 7) is 3.63. The summed E-state index contributed by atoms with van der Waals surface area (Å²) in [5, 5.41) is 0. The van der Waals surface area contributed by atoms with Crippen LogP contribution >= 0.6 is 24.8 Å². The lowest BCUT2D eigenvalue weighted by Gasteiger charge is -2.02. The zero-order valence-electron chi connectivity index (χ0n) is 5.67. The van der Waals surface area contributed by atoms with Crippen LogP contribution in [0.3, 0.4) is 0 Å². The molecule has 0 fully saturated rings. The molecule has 0 aromatic rings. The van der Waals surface area contributed by atoms with Gasteiger partial charge in [-0.1, -0.05) is 6.92 Å². The average Bonchev–Trinajstić information content (AvgIpc) is 1.68. The summed E-state index contributed by atoms with van der Waals surface area (Å²) >= 11 is 0. The van der Waals surface area contributed by atoms with Crippen molar-refractivity contribution in [3.63, 3.8) is 0 Å². The third-order valence-electron chi connectivity index (χ3n) is 1.06. The summed E-state index contributed by atoms with van der Waals surface area (Å²) in [7, 11) is 0. The van der Waals surface area contributed by atoms with Gasteiger partial charge in [0.05, 0.1) is 0 Å². The lowest BCUT2D eigenvalue weighted by molar-refractivity contribution is 0.553. The van der Waals surface area contributed by atoms with Crippen molar-refractivity contribution in [2.75, 3.05) is 13.1 Å². The van der Waals surface area contributed by atoms with Gasteiger partial charge in [0.1, 0.15) is 0 Å². The maximum Gasteiger partial charge on any atom is -0.00510 e. The molecule has 0 aliphatic carbocycles. The summed E-state index contributed by atoms with van der Waals surface area (Å²) in [6.07, 6.45) is 1.05. The first-order valence-electron chi connectivity index (χ1n) is 2.71. The van der Waals surface area contributed by atoms with Crippen LogP contribution in [-0.2, 0) is 0 Å². The fourth-order valence-corrected chi connectivity index (χ4v) is 0.402. The van der Waals surface area contributed by atoms with E-state index in [2.05, 4.69) is 6.92 Å². The fraction of sp³-hybridized carbons (Fsp3) is 1.00. The van der Waals surface area contributed by atoms with Crippen LogP contribution < -0.4 is 11.5 Å². The van der Waals surface area contributed by atoms with Crippen LogP contribution in [0.5, 0.6) is 0 Å². The number of nitrogens with two attached hydrogens (primary N) is 2. The highest BCUT2D eigenvalue weighted by Gasteiger charge is 1.93. The lowest BCUT2D eigenvalue weighted by Crippen LogP contribution is -2.14. The molecule has 0 rings (SSSR count). The molecule has 0 saturated carbocycles. The maximum absolute atomic E-state index is 5.30. The quantitative estimate of drug-likeness (QED) is 0.665. The Bertz CT molecular complexity index is 43.9. The van der Waals surface area contributed by atoms with E-state index in [0.717, 1.165) is 19.5 Å². The molecule has 2 nitrogen and oxygen atoms in total. The van der Waals surface area contributed by atoms with Crippen molar-refractivity contribution in [3.8, 4) is 0 Å². The van der Waals surface area contributed by atoms with Crippen LogP contribution in [0.25, 0.3) is 0 Å². The van der Waals surface area contributed by atoms with Gasteiger partial charge in [0.15, 0.2) is 0 Å². The summed E-state index contributed by atoms with van der Waals surface area (Å²) in [5.41, 5.74) is 10.6. The molecule has 0 radical (unpaired) electrons. The first-order valence-corrected chi connectivity index (χ1v) is 2.71.